The number of carbonyl (C=O) groups excluding carboxylic acids is 1. The Kier molecular flexibility index (Phi) is 7.22. The molecule has 1 heterocycles. The lowest BCUT2D eigenvalue weighted by atomic mass is 9.78. The molecule has 1 unspecified atom stereocenters. The number of β-lactam (4-membered cyclic amide) rings is 1. The van der Waals surface area contributed by atoms with Crippen LogP contribution in [0.2, 0.25) is 0 Å². The zero-order valence-corrected chi connectivity index (χ0v) is 21.5. The van der Waals surface area contributed by atoms with E-state index in [0.717, 1.165) is 5.56 Å². The molecule has 0 saturated carbocycles. The van der Waals surface area contributed by atoms with Gasteiger partial charge in [-0.3, -0.25) is 9.35 Å². The number of carbonyl (C=O) groups is 1. The summed E-state index contributed by atoms with van der Waals surface area (Å²) in [5, 5.41) is 21.5. The number of nitrogens with zero attached hydrogens (tertiary/aromatic N) is 1. The van der Waals surface area contributed by atoms with Gasteiger partial charge in [0.05, 0.1) is 28.6 Å². The third-order valence-corrected chi connectivity index (χ3v) is 7.95. The fourth-order valence-corrected chi connectivity index (χ4v) is 5.53. The Morgan fingerprint density at radius 2 is 1.51 bits per heavy atom. The number of aliphatic hydroxyl groups excluding tert-OH is 1. The summed E-state index contributed by atoms with van der Waals surface area (Å²) in [4.78, 5) is 14.7. The van der Waals surface area contributed by atoms with Crippen molar-refractivity contribution in [3.63, 3.8) is 0 Å². The van der Waals surface area contributed by atoms with Crippen molar-refractivity contribution >= 4 is 21.7 Å². The molecule has 0 radical (unpaired) electrons. The van der Waals surface area contributed by atoms with Crippen molar-refractivity contribution in [3.8, 4) is 16.9 Å². The first-order valence-electron chi connectivity index (χ1n) is 12.4. The molecule has 39 heavy (non-hydrogen) atoms. The van der Waals surface area contributed by atoms with Crippen LogP contribution < -0.4 is 4.90 Å². The summed E-state index contributed by atoms with van der Waals surface area (Å²) in [5.41, 5.74) is 3.02. The summed E-state index contributed by atoms with van der Waals surface area (Å²) >= 11 is 0. The predicted octanol–water partition coefficient (Wildman–Crippen LogP) is 5.66. The van der Waals surface area contributed by atoms with Crippen molar-refractivity contribution in [3.05, 3.63) is 114 Å². The van der Waals surface area contributed by atoms with Crippen molar-refractivity contribution in [2.24, 2.45) is 5.92 Å². The molecule has 0 bridgehead atoms. The highest BCUT2D eigenvalue weighted by atomic mass is 32.2. The van der Waals surface area contributed by atoms with Crippen molar-refractivity contribution in [2.75, 3.05) is 4.90 Å². The lowest BCUT2D eigenvalue weighted by Crippen LogP contribution is -2.55. The van der Waals surface area contributed by atoms with Gasteiger partial charge in [0.2, 0.25) is 5.91 Å². The Labute approximate surface area is 225 Å². The highest BCUT2D eigenvalue weighted by Gasteiger charge is 2.49. The molecule has 9 heteroatoms. The van der Waals surface area contributed by atoms with Crippen LogP contribution in [-0.4, -0.2) is 29.1 Å². The quantitative estimate of drug-likeness (QED) is 0.194. The lowest BCUT2D eigenvalue weighted by Gasteiger charge is -2.48. The first-order valence-corrected chi connectivity index (χ1v) is 13.8. The van der Waals surface area contributed by atoms with Crippen molar-refractivity contribution in [2.45, 2.75) is 29.9 Å². The molecular weight excluding hydrogens is 521 g/mol. The van der Waals surface area contributed by atoms with Crippen molar-refractivity contribution in [1.29, 1.82) is 0 Å². The maximum atomic E-state index is 13.4. The number of hydrogen-bond donors (Lipinski definition) is 3. The number of benzene rings is 4. The number of anilines is 1. The number of amides is 1. The molecule has 4 aromatic carbocycles. The second-order valence-corrected chi connectivity index (χ2v) is 10.9. The summed E-state index contributed by atoms with van der Waals surface area (Å²) in [6.45, 7) is 0. The van der Waals surface area contributed by atoms with E-state index in [1.807, 2.05) is 30.3 Å². The number of phenols is 1. The van der Waals surface area contributed by atoms with E-state index in [0.29, 0.717) is 35.2 Å². The van der Waals surface area contributed by atoms with Gasteiger partial charge < -0.3 is 15.1 Å². The van der Waals surface area contributed by atoms with Gasteiger partial charge in [-0.25, -0.2) is 4.39 Å². The van der Waals surface area contributed by atoms with E-state index in [2.05, 4.69) is 0 Å². The van der Waals surface area contributed by atoms with E-state index < -0.39 is 22.1 Å². The molecule has 1 aliphatic rings. The second-order valence-electron chi connectivity index (χ2n) is 9.52. The van der Waals surface area contributed by atoms with E-state index in [4.69, 9.17) is 0 Å². The Balaban J connectivity index is 1.39. The fourth-order valence-electron chi connectivity index (χ4n) is 5.05. The first-order chi connectivity index (χ1) is 18.6. The summed E-state index contributed by atoms with van der Waals surface area (Å²) in [5.74, 6) is -1.11. The van der Waals surface area contributed by atoms with Gasteiger partial charge >= 0.3 is 0 Å². The largest absolute Gasteiger partial charge is 0.506 e. The Hall–Kier alpha value is -4.05. The lowest BCUT2D eigenvalue weighted by molar-refractivity contribution is -0.131. The number of halogens is 1. The average molecular weight is 548 g/mol. The zero-order valence-electron chi connectivity index (χ0n) is 20.7. The number of aliphatic hydroxyl groups is 1. The van der Waals surface area contributed by atoms with Crippen LogP contribution in [0, 0.1) is 11.7 Å². The van der Waals surface area contributed by atoms with Gasteiger partial charge in [-0.1, -0.05) is 60.7 Å². The van der Waals surface area contributed by atoms with Crippen LogP contribution in [-0.2, 0) is 14.9 Å². The normalized spacial score (nSPS) is 18.0. The predicted molar refractivity (Wildman–Crippen MR) is 144 cm³/mol. The summed E-state index contributed by atoms with van der Waals surface area (Å²) in [7, 11) is -4.32. The molecule has 4 aromatic rings. The minimum absolute atomic E-state index is 0.120. The van der Waals surface area contributed by atoms with Crippen LogP contribution in [0.1, 0.15) is 36.1 Å². The summed E-state index contributed by atoms with van der Waals surface area (Å²) in [6, 6.07) is 25.2. The molecule has 0 aliphatic carbocycles. The third-order valence-electron chi connectivity index (χ3n) is 7.08. The Morgan fingerprint density at radius 1 is 0.872 bits per heavy atom. The number of rotatable bonds is 8. The minimum Gasteiger partial charge on any atom is -0.506 e. The molecule has 1 fully saturated rings. The highest BCUT2D eigenvalue weighted by molar-refractivity contribution is 7.85. The SMILES string of the molecule is O=C1[C@H](CC[C@H](O)c2ccc(F)cc2)C(c2ccccc2)N1c1ccc(-c2ccc(S(=O)(=O)O)cc2)cc1O. The fraction of sp³-hybridized carbons (Fsp3) is 0.167. The van der Waals surface area contributed by atoms with Crippen LogP contribution >= 0.6 is 0 Å². The summed E-state index contributed by atoms with van der Waals surface area (Å²) < 4.78 is 45.1. The topological polar surface area (TPSA) is 115 Å². The standard InChI is InChI=1S/C30H26FNO6S/c31-23-11-6-20(7-12-23)27(33)17-15-25-29(21-4-2-1-3-5-21)32(30(25)35)26-16-10-22(18-28(26)34)19-8-13-24(14-9-19)39(36,37)38/h1-14,16,18,25,27,29,33-34H,15,17H2,(H,36,37,38)/t25-,27+,29?/m1/s1. The Morgan fingerprint density at radius 3 is 2.13 bits per heavy atom. The number of hydrogen-bond acceptors (Lipinski definition) is 5. The van der Waals surface area contributed by atoms with Crippen LogP contribution in [0.3, 0.4) is 0 Å². The van der Waals surface area contributed by atoms with Crippen LogP contribution in [0.4, 0.5) is 10.1 Å². The molecule has 5 rings (SSSR count). The molecule has 1 amide bonds. The van der Waals surface area contributed by atoms with Crippen molar-refractivity contribution < 1.29 is 32.4 Å². The number of phenolic OH excluding ortho intramolecular Hbond substituents is 1. The van der Waals surface area contributed by atoms with Gasteiger partial charge in [0.15, 0.2) is 0 Å². The maximum Gasteiger partial charge on any atom is 0.294 e. The maximum absolute atomic E-state index is 13.4. The molecule has 1 saturated heterocycles. The van der Waals surface area contributed by atoms with E-state index in [1.165, 1.54) is 54.6 Å². The van der Waals surface area contributed by atoms with E-state index in [9.17, 15) is 32.4 Å². The van der Waals surface area contributed by atoms with E-state index in [-0.39, 0.29) is 28.4 Å². The molecule has 0 aromatic heterocycles. The molecular formula is C30H26FNO6S. The molecule has 1 aliphatic heterocycles. The van der Waals surface area contributed by atoms with E-state index in [1.54, 1.807) is 17.0 Å². The van der Waals surface area contributed by atoms with Gasteiger partial charge in [-0.2, -0.15) is 8.42 Å². The first kappa shape index (κ1) is 26.6. The molecule has 3 N–H and O–H groups in total. The zero-order chi connectivity index (χ0) is 27.7. The third kappa shape index (κ3) is 5.42. The molecule has 7 nitrogen and oxygen atoms in total. The minimum atomic E-state index is -4.32. The monoisotopic (exact) mass is 547 g/mol. The highest BCUT2D eigenvalue weighted by Crippen LogP contribution is 2.49. The molecule has 200 valence electrons. The number of aromatic hydroxyl groups is 1. The van der Waals surface area contributed by atoms with Crippen LogP contribution in [0.5, 0.6) is 5.75 Å². The molecule has 0 spiro atoms. The van der Waals surface area contributed by atoms with Crippen LogP contribution in [0.25, 0.3) is 11.1 Å². The van der Waals surface area contributed by atoms with E-state index >= 15 is 0 Å². The Bertz CT molecular complexity index is 1590. The summed E-state index contributed by atoms with van der Waals surface area (Å²) in [6.07, 6.45) is -0.139. The van der Waals surface area contributed by atoms with Gasteiger partial charge in [0.1, 0.15) is 11.6 Å². The van der Waals surface area contributed by atoms with Crippen LogP contribution in [0.15, 0.2) is 102 Å². The van der Waals surface area contributed by atoms with Gasteiger partial charge in [0, 0.05) is 0 Å². The molecule has 3 atom stereocenters. The van der Waals surface area contributed by atoms with Gasteiger partial charge in [-0.05, 0) is 71.5 Å². The van der Waals surface area contributed by atoms with Crippen molar-refractivity contribution in [1.82, 2.24) is 0 Å². The average Bonchev–Trinajstić information content (AvgIpc) is 2.92. The van der Waals surface area contributed by atoms with Gasteiger partial charge in [0.25, 0.3) is 10.1 Å². The smallest absolute Gasteiger partial charge is 0.294 e. The van der Waals surface area contributed by atoms with Gasteiger partial charge in [-0.15, -0.1) is 0 Å². The second kappa shape index (κ2) is 10.6.